The van der Waals surface area contributed by atoms with E-state index in [4.69, 9.17) is 21.4 Å². The van der Waals surface area contributed by atoms with E-state index in [0.29, 0.717) is 18.1 Å². The molecule has 1 aromatic carbocycles. The van der Waals surface area contributed by atoms with Crippen LogP contribution in [-0.2, 0) is 17.8 Å². The Hall–Kier alpha value is -2.86. The molecule has 2 aromatic heterocycles. The standard InChI is InChI=1S/C23H25ClN4O2/c1-15-13-28-19(14-27(15)22(29)30-23(2,3)4)20(16-9-11-25-12-10-16)21(26-28)17-5-7-18(24)8-6-17/h5-12,15H,13-14H2,1-4H3/t15-/m0/s1. The Labute approximate surface area is 181 Å². The van der Waals surface area contributed by atoms with Crippen LogP contribution >= 0.6 is 11.6 Å². The third kappa shape index (κ3) is 4.05. The van der Waals surface area contributed by atoms with E-state index in [1.807, 2.05) is 68.8 Å². The summed E-state index contributed by atoms with van der Waals surface area (Å²) in [4.78, 5) is 18.8. The van der Waals surface area contributed by atoms with Crippen LogP contribution in [-0.4, -0.2) is 37.4 Å². The quantitative estimate of drug-likeness (QED) is 0.552. The second-order valence-electron chi connectivity index (χ2n) is 8.55. The van der Waals surface area contributed by atoms with E-state index >= 15 is 0 Å². The maximum absolute atomic E-state index is 12.8. The molecule has 1 amide bonds. The van der Waals surface area contributed by atoms with Gasteiger partial charge in [0.15, 0.2) is 0 Å². The largest absolute Gasteiger partial charge is 0.444 e. The van der Waals surface area contributed by atoms with Gasteiger partial charge in [-0.2, -0.15) is 5.10 Å². The fourth-order valence-electron chi connectivity index (χ4n) is 3.67. The molecule has 3 heterocycles. The van der Waals surface area contributed by atoms with Gasteiger partial charge in [-0.3, -0.25) is 14.6 Å². The average Bonchev–Trinajstić information content (AvgIpc) is 3.05. The summed E-state index contributed by atoms with van der Waals surface area (Å²) in [6, 6.07) is 11.6. The SMILES string of the molecule is C[C@H]1Cn2nc(-c3ccc(Cl)cc3)c(-c3ccncc3)c2CN1C(=O)OC(C)(C)C. The number of fused-ring (bicyclic) bond motifs is 1. The zero-order valence-corrected chi connectivity index (χ0v) is 18.3. The molecule has 0 radical (unpaired) electrons. The normalized spacial score (nSPS) is 16.3. The van der Waals surface area contributed by atoms with Gasteiger partial charge in [-0.1, -0.05) is 23.7 Å². The van der Waals surface area contributed by atoms with Gasteiger partial charge in [-0.25, -0.2) is 4.79 Å². The summed E-state index contributed by atoms with van der Waals surface area (Å²) in [6.07, 6.45) is 3.22. The predicted octanol–water partition coefficient (Wildman–Crippen LogP) is 5.40. The third-order valence-electron chi connectivity index (χ3n) is 5.06. The number of carbonyl (C=O) groups excluding carboxylic acids is 1. The maximum atomic E-state index is 12.8. The molecule has 1 aliphatic heterocycles. The summed E-state index contributed by atoms with van der Waals surface area (Å²) in [5.74, 6) is 0. The first kappa shape index (κ1) is 20.4. The van der Waals surface area contributed by atoms with Crippen LogP contribution in [0.3, 0.4) is 0 Å². The summed E-state index contributed by atoms with van der Waals surface area (Å²) in [6.45, 7) is 8.68. The van der Waals surface area contributed by atoms with E-state index in [-0.39, 0.29) is 12.1 Å². The van der Waals surface area contributed by atoms with Gasteiger partial charge in [0.25, 0.3) is 0 Å². The lowest BCUT2D eigenvalue weighted by Crippen LogP contribution is -2.47. The molecule has 4 rings (SSSR count). The number of benzene rings is 1. The number of rotatable bonds is 2. The van der Waals surface area contributed by atoms with Crippen LogP contribution in [0.4, 0.5) is 4.79 Å². The Balaban J connectivity index is 1.81. The molecule has 0 saturated heterocycles. The zero-order chi connectivity index (χ0) is 21.5. The van der Waals surface area contributed by atoms with Crippen molar-refractivity contribution in [3.8, 4) is 22.4 Å². The highest BCUT2D eigenvalue weighted by molar-refractivity contribution is 6.30. The molecule has 0 N–H and O–H groups in total. The smallest absolute Gasteiger partial charge is 0.410 e. The lowest BCUT2D eigenvalue weighted by atomic mass is 9.98. The van der Waals surface area contributed by atoms with Gasteiger partial charge in [0.1, 0.15) is 11.3 Å². The number of hydrogen-bond acceptors (Lipinski definition) is 4. The van der Waals surface area contributed by atoms with Crippen molar-refractivity contribution in [1.82, 2.24) is 19.7 Å². The Morgan fingerprint density at radius 3 is 2.40 bits per heavy atom. The van der Waals surface area contributed by atoms with Crippen LogP contribution in [0.15, 0.2) is 48.8 Å². The first-order valence-corrected chi connectivity index (χ1v) is 10.4. The molecule has 7 heteroatoms. The minimum Gasteiger partial charge on any atom is -0.444 e. The highest BCUT2D eigenvalue weighted by Crippen LogP contribution is 2.37. The van der Waals surface area contributed by atoms with Crippen molar-refractivity contribution in [2.75, 3.05) is 0 Å². The highest BCUT2D eigenvalue weighted by Gasteiger charge is 2.34. The lowest BCUT2D eigenvalue weighted by molar-refractivity contribution is 0.00914. The van der Waals surface area contributed by atoms with E-state index in [2.05, 4.69) is 4.98 Å². The number of hydrogen-bond donors (Lipinski definition) is 0. The summed E-state index contributed by atoms with van der Waals surface area (Å²) in [7, 11) is 0. The van der Waals surface area contributed by atoms with E-state index in [1.165, 1.54) is 0 Å². The van der Waals surface area contributed by atoms with Gasteiger partial charge in [0.2, 0.25) is 0 Å². The monoisotopic (exact) mass is 424 g/mol. The van der Waals surface area contributed by atoms with Crippen molar-refractivity contribution < 1.29 is 9.53 Å². The van der Waals surface area contributed by atoms with E-state index in [9.17, 15) is 4.79 Å². The number of aromatic nitrogens is 3. The molecular formula is C23H25ClN4O2. The fraction of sp³-hybridized carbons (Fsp3) is 0.348. The highest BCUT2D eigenvalue weighted by atomic mass is 35.5. The number of carbonyl (C=O) groups is 1. The second-order valence-corrected chi connectivity index (χ2v) is 8.99. The molecule has 0 spiro atoms. The van der Waals surface area contributed by atoms with Gasteiger partial charge in [-0.05, 0) is 57.5 Å². The number of ether oxygens (including phenoxy) is 1. The predicted molar refractivity (Wildman–Crippen MR) is 117 cm³/mol. The van der Waals surface area contributed by atoms with E-state index in [0.717, 1.165) is 28.1 Å². The van der Waals surface area contributed by atoms with Crippen LogP contribution in [0.5, 0.6) is 0 Å². The average molecular weight is 425 g/mol. The molecule has 1 aliphatic rings. The van der Waals surface area contributed by atoms with Gasteiger partial charge in [0.05, 0.1) is 24.8 Å². The summed E-state index contributed by atoms with van der Waals surface area (Å²) in [5.41, 5.74) is 4.29. The summed E-state index contributed by atoms with van der Waals surface area (Å²) < 4.78 is 7.65. The molecule has 3 aromatic rings. The van der Waals surface area contributed by atoms with Crippen molar-refractivity contribution in [2.45, 2.75) is 52.4 Å². The second kappa shape index (κ2) is 7.76. The lowest BCUT2D eigenvalue weighted by Gasteiger charge is -2.35. The first-order chi connectivity index (χ1) is 14.2. The zero-order valence-electron chi connectivity index (χ0n) is 17.6. The van der Waals surface area contributed by atoms with Crippen LogP contribution in [0.2, 0.25) is 5.02 Å². The minimum atomic E-state index is -0.545. The molecule has 0 bridgehead atoms. The molecular weight excluding hydrogens is 400 g/mol. The molecule has 1 atom stereocenters. The van der Waals surface area contributed by atoms with Crippen molar-refractivity contribution >= 4 is 17.7 Å². The van der Waals surface area contributed by atoms with Crippen molar-refractivity contribution in [1.29, 1.82) is 0 Å². The molecule has 6 nitrogen and oxygen atoms in total. The first-order valence-electron chi connectivity index (χ1n) is 9.98. The van der Waals surface area contributed by atoms with Gasteiger partial charge < -0.3 is 4.74 Å². The molecule has 30 heavy (non-hydrogen) atoms. The van der Waals surface area contributed by atoms with Crippen LogP contribution in [0.25, 0.3) is 22.4 Å². The van der Waals surface area contributed by atoms with Gasteiger partial charge in [0, 0.05) is 28.5 Å². The topological polar surface area (TPSA) is 60.2 Å². The van der Waals surface area contributed by atoms with Crippen molar-refractivity contribution in [3.05, 3.63) is 59.5 Å². The fourth-order valence-corrected chi connectivity index (χ4v) is 3.80. The van der Waals surface area contributed by atoms with Crippen molar-refractivity contribution in [2.24, 2.45) is 0 Å². The Morgan fingerprint density at radius 1 is 1.10 bits per heavy atom. The maximum Gasteiger partial charge on any atom is 0.410 e. The summed E-state index contributed by atoms with van der Waals surface area (Å²) in [5, 5.41) is 5.60. The van der Waals surface area contributed by atoms with E-state index in [1.54, 1.807) is 17.3 Å². The third-order valence-corrected chi connectivity index (χ3v) is 5.31. The molecule has 0 fully saturated rings. The number of nitrogens with zero attached hydrogens (tertiary/aromatic N) is 4. The summed E-state index contributed by atoms with van der Waals surface area (Å²) >= 11 is 6.09. The molecule has 0 unspecified atom stereocenters. The van der Waals surface area contributed by atoms with E-state index < -0.39 is 5.60 Å². The van der Waals surface area contributed by atoms with Crippen LogP contribution in [0, 0.1) is 0 Å². The molecule has 0 aliphatic carbocycles. The Bertz CT molecular complexity index is 1060. The number of amides is 1. The van der Waals surface area contributed by atoms with Crippen molar-refractivity contribution in [3.63, 3.8) is 0 Å². The van der Waals surface area contributed by atoms with Crippen LogP contribution in [0.1, 0.15) is 33.4 Å². The molecule has 156 valence electrons. The van der Waals surface area contributed by atoms with Gasteiger partial charge in [-0.15, -0.1) is 0 Å². The number of pyridine rings is 1. The Kier molecular flexibility index (Phi) is 5.28. The van der Waals surface area contributed by atoms with Crippen LogP contribution < -0.4 is 0 Å². The van der Waals surface area contributed by atoms with Gasteiger partial charge >= 0.3 is 6.09 Å². The number of halogens is 1. The molecule has 0 saturated carbocycles. The minimum absolute atomic E-state index is 0.0318. The Morgan fingerprint density at radius 2 is 1.77 bits per heavy atom.